The number of ketones is 1. The number of benzene rings is 1. The van der Waals surface area contributed by atoms with Crippen molar-refractivity contribution < 1.29 is 18.3 Å². The first-order valence-electron chi connectivity index (χ1n) is 4.73. The highest BCUT2D eigenvalue weighted by Gasteiger charge is 2.07. The van der Waals surface area contributed by atoms with Gasteiger partial charge in [0.1, 0.15) is 5.75 Å². The molecule has 0 unspecified atom stereocenters. The molecular weight excluding hydrogens is 214 g/mol. The molecule has 0 aliphatic rings. The van der Waals surface area contributed by atoms with Crippen molar-refractivity contribution in [3.8, 4) is 5.75 Å². The number of aryl methyl sites for hydroxylation is 1. The number of alkyl halides is 2. The highest BCUT2D eigenvalue weighted by atomic mass is 19.3. The van der Waals surface area contributed by atoms with Gasteiger partial charge < -0.3 is 4.74 Å². The average Bonchev–Trinajstić information content (AvgIpc) is 2.18. The lowest BCUT2D eigenvalue weighted by Gasteiger charge is -2.08. The minimum atomic E-state index is -2.84. The average molecular weight is 226 g/mol. The van der Waals surface area contributed by atoms with Gasteiger partial charge >= 0.3 is 6.61 Å². The number of halogens is 2. The molecule has 1 aromatic carbocycles. The summed E-state index contributed by atoms with van der Waals surface area (Å²) < 4.78 is 28.4. The van der Waals surface area contributed by atoms with Crippen LogP contribution in [0.3, 0.4) is 0 Å². The lowest BCUT2D eigenvalue weighted by molar-refractivity contribution is -0.112. The van der Waals surface area contributed by atoms with Crippen LogP contribution in [0.5, 0.6) is 5.75 Å². The lowest BCUT2D eigenvalue weighted by Crippen LogP contribution is -2.03. The molecule has 0 amide bonds. The summed E-state index contributed by atoms with van der Waals surface area (Å²) >= 11 is 0. The molecule has 0 atom stereocenters. The van der Waals surface area contributed by atoms with Crippen molar-refractivity contribution in [1.29, 1.82) is 0 Å². The molecule has 0 radical (unpaired) electrons. The van der Waals surface area contributed by atoms with E-state index in [0.29, 0.717) is 11.1 Å². The number of carbonyl (C=O) groups excluding carboxylic acids is 1. The zero-order chi connectivity index (χ0) is 12.1. The summed E-state index contributed by atoms with van der Waals surface area (Å²) in [5, 5.41) is 0. The van der Waals surface area contributed by atoms with E-state index in [4.69, 9.17) is 0 Å². The van der Waals surface area contributed by atoms with Crippen molar-refractivity contribution >= 4 is 11.9 Å². The summed E-state index contributed by atoms with van der Waals surface area (Å²) in [7, 11) is 0. The number of carbonyl (C=O) groups is 1. The van der Waals surface area contributed by atoms with Crippen LogP contribution in [0.25, 0.3) is 6.08 Å². The second-order valence-electron chi connectivity index (χ2n) is 3.35. The van der Waals surface area contributed by atoms with E-state index in [0.717, 1.165) is 0 Å². The van der Waals surface area contributed by atoms with Crippen molar-refractivity contribution in [2.24, 2.45) is 0 Å². The van der Waals surface area contributed by atoms with Gasteiger partial charge in [-0.3, -0.25) is 4.79 Å². The summed E-state index contributed by atoms with van der Waals surface area (Å²) in [6.07, 6.45) is 2.93. The van der Waals surface area contributed by atoms with Gasteiger partial charge in [-0.05, 0) is 37.1 Å². The van der Waals surface area contributed by atoms with Crippen LogP contribution in [0, 0.1) is 6.92 Å². The molecule has 0 aromatic heterocycles. The molecular formula is C12H12F2O2. The standard InChI is InChI=1S/C12H12F2O2/c1-8-3-5-10(6-4-9(2)15)7-11(8)16-12(13)14/h3-7,12H,1-2H3/b6-4+. The Morgan fingerprint density at radius 2 is 2.12 bits per heavy atom. The zero-order valence-corrected chi connectivity index (χ0v) is 9.04. The quantitative estimate of drug-likeness (QED) is 0.737. The molecule has 0 bridgehead atoms. The van der Waals surface area contributed by atoms with Gasteiger partial charge in [0.2, 0.25) is 0 Å². The lowest BCUT2D eigenvalue weighted by atomic mass is 10.1. The van der Waals surface area contributed by atoms with Gasteiger partial charge in [-0.25, -0.2) is 0 Å². The Morgan fingerprint density at radius 1 is 1.44 bits per heavy atom. The number of rotatable bonds is 4. The predicted octanol–water partition coefficient (Wildman–Crippen LogP) is 3.20. The number of hydrogen-bond donors (Lipinski definition) is 0. The fourth-order valence-electron chi connectivity index (χ4n) is 1.16. The maximum atomic E-state index is 12.1. The Kier molecular flexibility index (Phi) is 4.17. The van der Waals surface area contributed by atoms with Crippen LogP contribution in [0.2, 0.25) is 0 Å². The van der Waals surface area contributed by atoms with Gasteiger partial charge in [-0.15, -0.1) is 0 Å². The minimum Gasteiger partial charge on any atom is -0.435 e. The number of hydrogen-bond acceptors (Lipinski definition) is 2. The summed E-state index contributed by atoms with van der Waals surface area (Å²) in [6, 6.07) is 4.87. The molecule has 1 rings (SSSR count). The Morgan fingerprint density at radius 3 is 2.69 bits per heavy atom. The first-order valence-corrected chi connectivity index (χ1v) is 4.73. The first-order chi connectivity index (χ1) is 7.49. The highest BCUT2D eigenvalue weighted by molar-refractivity contribution is 5.91. The van der Waals surface area contributed by atoms with E-state index in [2.05, 4.69) is 4.74 Å². The van der Waals surface area contributed by atoms with Crippen molar-refractivity contribution in [3.05, 3.63) is 35.4 Å². The second-order valence-corrected chi connectivity index (χ2v) is 3.35. The van der Waals surface area contributed by atoms with Crippen LogP contribution in [-0.4, -0.2) is 12.4 Å². The first kappa shape index (κ1) is 12.4. The van der Waals surface area contributed by atoms with E-state index >= 15 is 0 Å². The summed E-state index contributed by atoms with van der Waals surface area (Å²) in [5.74, 6) is 0.0256. The molecule has 86 valence electrons. The maximum absolute atomic E-state index is 12.1. The van der Waals surface area contributed by atoms with Gasteiger partial charge in [0, 0.05) is 0 Å². The third-order valence-electron chi connectivity index (χ3n) is 1.94. The van der Waals surface area contributed by atoms with Crippen LogP contribution in [0.1, 0.15) is 18.1 Å². The Hall–Kier alpha value is -1.71. The van der Waals surface area contributed by atoms with Gasteiger partial charge in [-0.1, -0.05) is 18.2 Å². The minimum absolute atomic E-state index is 0.100. The van der Waals surface area contributed by atoms with Crippen LogP contribution in [0.4, 0.5) is 8.78 Å². The normalized spacial score (nSPS) is 11.1. The van der Waals surface area contributed by atoms with Crippen molar-refractivity contribution in [2.75, 3.05) is 0 Å². The fourth-order valence-corrected chi connectivity index (χ4v) is 1.16. The van der Waals surface area contributed by atoms with Gasteiger partial charge in [0.05, 0.1) is 0 Å². The molecule has 0 spiro atoms. The van der Waals surface area contributed by atoms with Crippen LogP contribution < -0.4 is 4.74 Å². The van der Waals surface area contributed by atoms with Gasteiger partial charge in [0.25, 0.3) is 0 Å². The molecule has 0 aliphatic carbocycles. The summed E-state index contributed by atoms with van der Waals surface area (Å²) in [6.45, 7) is 0.253. The van der Waals surface area contributed by atoms with Crippen molar-refractivity contribution in [3.63, 3.8) is 0 Å². The van der Waals surface area contributed by atoms with E-state index in [1.165, 1.54) is 19.1 Å². The molecule has 1 aromatic rings. The molecule has 2 nitrogen and oxygen atoms in total. The van der Waals surface area contributed by atoms with E-state index < -0.39 is 6.61 Å². The highest BCUT2D eigenvalue weighted by Crippen LogP contribution is 2.22. The monoisotopic (exact) mass is 226 g/mol. The topological polar surface area (TPSA) is 26.3 Å². The number of allylic oxidation sites excluding steroid dienone is 1. The molecule has 4 heteroatoms. The summed E-state index contributed by atoms with van der Waals surface area (Å²) in [4.78, 5) is 10.7. The van der Waals surface area contributed by atoms with Gasteiger partial charge in [-0.2, -0.15) is 8.78 Å². The fraction of sp³-hybridized carbons (Fsp3) is 0.250. The van der Waals surface area contributed by atoms with Crippen LogP contribution >= 0.6 is 0 Å². The second kappa shape index (κ2) is 5.39. The number of ether oxygens (including phenoxy) is 1. The van der Waals surface area contributed by atoms with Gasteiger partial charge in [0.15, 0.2) is 5.78 Å². The Balaban J connectivity index is 2.93. The van der Waals surface area contributed by atoms with E-state index in [1.54, 1.807) is 25.1 Å². The summed E-state index contributed by atoms with van der Waals surface area (Å²) in [5.41, 5.74) is 1.27. The van der Waals surface area contributed by atoms with Crippen LogP contribution in [0.15, 0.2) is 24.3 Å². The Bertz CT molecular complexity index is 411. The predicted molar refractivity (Wildman–Crippen MR) is 57.5 cm³/mol. The maximum Gasteiger partial charge on any atom is 0.387 e. The SMILES string of the molecule is CC(=O)/C=C/c1ccc(C)c(OC(F)F)c1. The third-order valence-corrected chi connectivity index (χ3v) is 1.94. The smallest absolute Gasteiger partial charge is 0.387 e. The van der Waals surface area contributed by atoms with E-state index in [-0.39, 0.29) is 11.5 Å². The van der Waals surface area contributed by atoms with E-state index in [9.17, 15) is 13.6 Å². The molecule has 0 N–H and O–H groups in total. The molecule has 0 heterocycles. The Labute approximate surface area is 92.5 Å². The third kappa shape index (κ3) is 3.81. The van der Waals surface area contributed by atoms with Crippen molar-refractivity contribution in [2.45, 2.75) is 20.5 Å². The van der Waals surface area contributed by atoms with Crippen LogP contribution in [-0.2, 0) is 4.79 Å². The van der Waals surface area contributed by atoms with Crippen molar-refractivity contribution in [1.82, 2.24) is 0 Å². The molecule has 0 aliphatic heterocycles. The molecule has 0 fully saturated rings. The largest absolute Gasteiger partial charge is 0.435 e. The zero-order valence-electron chi connectivity index (χ0n) is 9.04. The molecule has 0 saturated heterocycles. The molecule has 0 saturated carbocycles. The molecule has 16 heavy (non-hydrogen) atoms. The van der Waals surface area contributed by atoms with E-state index in [1.807, 2.05) is 0 Å².